The fourth-order valence-electron chi connectivity index (χ4n) is 1.56. The van der Waals surface area contributed by atoms with Crippen LogP contribution in [0.4, 0.5) is 0 Å². The van der Waals surface area contributed by atoms with Crippen molar-refractivity contribution in [3.05, 3.63) is 0 Å². The molecule has 3 heteroatoms. The van der Waals surface area contributed by atoms with Gasteiger partial charge in [-0.2, -0.15) is 0 Å². The van der Waals surface area contributed by atoms with Gasteiger partial charge in [-0.05, 0) is 11.8 Å². The van der Waals surface area contributed by atoms with Crippen LogP contribution in [0.2, 0.25) is 0 Å². The first-order valence-electron chi connectivity index (χ1n) is 4.43. The fraction of sp³-hybridized carbons (Fsp3) is 0.889. The molecule has 0 aliphatic carbocycles. The molecular formula is C9H18N2O. The van der Waals surface area contributed by atoms with Crippen LogP contribution in [-0.4, -0.2) is 29.9 Å². The van der Waals surface area contributed by atoms with Gasteiger partial charge in [-0.25, -0.2) is 0 Å². The van der Waals surface area contributed by atoms with Crippen molar-refractivity contribution in [2.24, 2.45) is 11.1 Å². The average molecular weight is 170 g/mol. The zero-order chi connectivity index (χ0) is 9.35. The fourth-order valence-corrected chi connectivity index (χ4v) is 1.56. The van der Waals surface area contributed by atoms with Crippen LogP contribution in [0.5, 0.6) is 0 Å². The minimum atomic E-state index is -0.175. The van der Waals surface area contributed by atoms with Crippen LogP contribution in [0.1, 0.15) is 27.2 Å². The Hall–Kier alpha value is -0.570. The van der Waals surface area contributed by atoms with Crippen LogP contribution < -0.4 is 5.73 Å². The summed E-state index contributed by atoms with van der Waals surface area (Å²) in [4.78, 5) is 13.0. The van der Waals surface area contributed by atoms with E-state index in [9.17, 15) is 4.79 Å². The van der Waals surface area contributed by atoms with Gasteiger partial charge in [-0.15, -0.1) is 0 Å². The molecule has 1 saturated heterocycles. The van der Waals surface area contributed by atoms with Crippen LogP contribution >= 0.6 is 0 Å². The number of carbonyl (C=O) groups is 1. The van der Waals surface area contributed by atoms with Crippen LogP contribution in [-0.2, 0) is 4.79 Å². The van der Waals surface area contributed by atoms with E-state index in [0.29, 0.717) is 0 Å². The Labute approximate surface area is 73.9 Å². The summed E-state index contributed by atoms with van der Waals surface area (Å²) in [5.74, 6) is -0.175. The summed E-state index contributed by atoms with van der Waals surface area (Å²) >= 11 is 0. The Morgan fingerprint density at radius 1 is 1.58 bits per heavy atom. The first kappa shape index (κ1) is 9.52. The summed E-state index contributed by atoms with van der Waals surface area (Å²) in [5.41, 5.74) is 5.48. The quantitative estimate of drug-likeness (QED) is 0.659. The Bertz CT molecular complexity index is 183. The van der Waals surface area contributed by atoms with Crippen LogP contribution in [0.3, 0.4) is 0 Å². The zero-order valence-electron chi connectivity index (χ0n) is 8.13. The molecule has 70 valence electrons. The maximum Gasteiger partial charge on any atom is 0.234 e. The van der Waals surface area contributed by atoms with Crippen molar-refractivity contribution in [2.45, 2.75) is 33.2 Å². The Kier molecular flexibility index (Phi) is 2.42. The molecule has 1 aliphatic heterocycles. The largest absolute Gasteiger partial charge is 0.368 e. The molecule has 1 atom stereocenters. The zero-order valence-corrected chi connectivity index (χ0v) is 8.13. The van der Waals surface area contributed by atoms with E-state index in [-0.39, 0.29) is 17.4 Å². The maximum absolute atomic E-state index is 10.9. The van der Waals surface area contributed by atoms with Crippen molar-refractivity contribution in [1.82, 2.24) is 4.90 Å². The minimum absolute atomic E-state index is 0.00391. The molecule has 0 saturated carbocycles. The van der Waals surface area contributed by atoms with Gasteiger partial charge in [0.1, 0.15) is 0 Å². The number of primary amides is 1. The van der Waals surface area contributed by atoms with Gasteiger partial charge in [-0.1, -0.05) is 20.8 Å². The van der Waals surface area contributed by atoms with Gasteiger partial charge in [-0.3, -0.25) is 9.69 Å². The normalized spacial score (nSPS) is 25.1. The summed E-state index contributed by atoms with van der Waals surface area (Å²) in [6.45, 7) is 8.49. The van der Waals surface area contributed by atoms with Gasteiger partial charge in [0.05, 0.1) is 6.04 Å². The molecule has 1 rings (SSSR count). The molecule has 1 unspecified atom stereocenters. The highest BCUT2D eigenvalue weighted by molar-refractivity contribution is 5.80. The third-order valence-electron chi connectivity index (χ3n) is 2.14. The topological polar surface area (TPSA) is 46.3 Å². The summed E-state index contributed by atoms with van der Waals surface area (Å²) in [6, 6.07) is 0.00391. The SMILES string of the molecule is CC(C)(C)CN1CCC1C(N)=O. The van der Waals surface area contributed by atoms with E-state index >= 15 is 0 Å². The molecule has 1 amide bonds. The number of rotatable bonds is 2. The average Bonchev–Trinajstić information content (AvgIpc) is 1.77. The second-order valence-electron chi connectivity index (χ2n) is 4.74. The lowest BCUT2D eigenvalue weighted by Gasteiger charge is -2.42. The predicted molar refractivity (Wildman–Crippen MR) is 48.6 cm³/mol. The molecule has 0 aromatic heterocycles. The molecule has 12 heavy (non-hydrogen) atoms. The molecule has 0 radical (unpaired) electrons. The molecule has 0 aromatic carbocycles. The first-order valence-corrected chi connectivity index (χ1v) is 4.43. The summed E-state index contributed by atoms with van der Waals surface area (Å²) in [6.07, 6.45) is 0.936. The highest BCUT2D eigenvalue weighted by Gasteiger charge is 2.34. The first-order chi connectivity index (χ1) is 5.40. The molecule has 0 aromatic rings. The number of nitrogens with zero attached hydrogens (tertiary/aromatic N) is 1. The van der Waals surface area contributed by atoms with Crippen molar-refractivity contribution in [3.8, 4) is 0 Å². The Morgan fingerprint density at radius 2 is 2.17 bits per heavy atom. The lowest BCUT2D eigenvalue weighted by Crippen LogP contribution is -2.56. The van der Waals surface area contributed by atoms with E-state index in [1.807, 2.05) is 0 Å². The predicted octanol–water partition coefficient (Wildman–Crippen LogP) is 0.592. The maximum atomic E-state index is 10.9. The summed E-state index contributed by atoms with van der Waals surface area (Å²) < 4.78 is 0. The van der Waals surface area contributed by atoms with Gasteiger partial charge in [0.25, 0.3) is 0 Å². The lowest BCUT2D eigenvalue weighted by atomic mass is 9.91. The van der Waals surface area contributed by atoms with E-state index in [1.165, 1.54) is 0 Å². The van der Waals surface area contributed by atoms with Crippen molar-refractivity contribution >= 4 is 5.91 Å². The molecule has 3 nitrogen and oxygen atoms in total. The van der Waals surface area contributed by atoms with E-state index in [4.69, 9.17) is 5.73 Å². The third-order valence-corrected chi connectivity index (χ3v) is 2.14. The summed E-state index contributed by atoms with van der Waals surface area (Å²) in [7, 11) is 0. The number of hydrogen-bond acceptors (Lipinski definition) is 2. The number of nitrogens with two attached hydrogens (primary N) is 1. The Morgan fingerprint density at radius 3 is 2.42 bits per heavy atom. The van der Waals surface area contributed by atoms with Gasteiger partial charge < -0.3 is 5.73 Å². The van der Waals surface area contributed by atoms with Crippen molar-refractivity contribution in [2.75, 3.05) is 13.1 Å². The van der Waals surface area contributed by atoms with Crippen molar-refractivity contribution < 1.29 is 4.79 Å². The van der Waals surface area contributed by atoms with Gasteiger partial charge in [0.2, 0.25) is 5.91 Å². The molecule has 1 aliphatic rings. The molecule has 0 bridgehead atoms. The smallest absolute Gasteiger partial charge is 0.234 e. The van der Waals surface area contributed by atoms with E-state index < -0.39 is 0 Å². The van der Waals surface area contributed by atoms with Gasteiger partial charge in [0.15, 0.2) is 0 Å². The number of carbonyl (C=O) groups excluding carboxylic acids is 1. The second kappa shape index (κ2) is 3.05. The molecule has 2 N–H and O–H groups in total. The summed E-state index contributed by atoms with van der Waals surface area (Å²) in [5, 5.41) is 0. The highest BCUT2D eigenvalue weighted by atomic mass is 16.1. The molecular weight excluding hydrogens is 152 g/mol. The van der Waals surface area contributed by atoms with Crippen LogP contribution in [0.25, 0.3) is 0 Å². The second-order valence-corrected chi connectivity index (χ2v) is 4.74. The van der Waals surface area contributed by atoms with Crippen LogP contribution in [0, 0.1) is 5.41 Å². The molecule has 0 spiro atoms. The standard InChI is InChI=1S/C9H18N2O/c1-9(2,3)6-11-5-4-7(11)8(10)12/h7H,4-6H2,1-3H3,(H2,10,12). The van der Waals surface area contributed by atoms with E-state index in [2.05, 4.69) is 25.7 Å². The number of likely N-dealkylation sites (tertiary alicyclic amines) is 1. The lowest BCUT2D eigenvalue weighted by molar-refractivity contribution is -0.128. The van der Waals surface area contributed by atoms with E-state index in [0.717, 1.165) is 19.5 Å². The highest BCUT2D eigenvalue weighted by Crippen LogP contribution is 2.23. The number of amides is 1. The van der Waals surface area contributed by atoms with Crippen molar-refractivity contribution in [1.29, 1.82) is 0 Å². The van der Waals surface area contributed by atoms with Crippen molar-refractivity contribution in [3.63, 3.8) is 0 Å². The number of hydrogen-bond donors (Lipinski definition) is 1. The Balaban J connectivity index is 2.40. The third kappa shape index (κ3) is 2.21. The molecule has 1 heterocycles. The minimum Gasteiger partial charge on any atom is -0.368 e. The monoisotopic (exact) mass is 170 g/mol. The van der Waals surface area contributed by atoms with Gasteiger partial charge in [0, 0.05) is 13.1 Å². The van der Waals surface area contributed by atoms with Crippen LogP contribution in [0.15, 0.2) is 0 Å². The van der Waals surface area contributed by atoms with Gasteiger partial charge >= 0.3 is 0 Å². The molecule has 1 fully saturated rings. The van der Waals surface area contributed by atoms with E-state index in [1.54, 1.807) is 0 Å².